The lowest BCUT2D eigenvalue weighted by Gasteiger charge is -2.31. The average Bonchev–Trinajstić information content (AvgIpc) is 2.55. The molecular formula is C15H23N3O5S2. The van der Waals surface area contributed by atoms with Crippen LogP contribution >= 0.6 is 0 Å². The van der Waals surface area contributed by atoms with E-state index in [0.29, 0.717) is 25.9 Å². The lowest BCUT2D eigenvalue weighted by atomic mass is 10.1. The minimum Gasteiger partial charge on any atom is -0.358 e. The quantitative estimate of drug-likeness (QED) is 0.683. The normalized spacial score (nSPS) is 17.4. The molecule has 0 saturated carbocycles. The smallest absolute Gasteiger partial charge is 0.242 e. The van der Waals surface area contributed by atoms with E-state index in [1.807, 2.05) is 4.90 Å². The molecule has 1 fully saturated rings. The molecule has 1 aliphatic rings. The van der Waals surface area contributed by atoms with Crippen LogP contribution in [0.25, 0.3) is 0 Å². The Balaban J connectivity index is 2.08. The van der Waals surface area contributed by atoms with Gasteiger partial charge in [0.25, 0.3) is 0 Å². The zero-order valence-corrected chi connectivity index (χ0v) is 15.9. The summed E-state index contributed by atoms with van der Waals surface area (Å²) in [6.07, 6.45) is 2.09. The molecule has 0 aliphatic carbocycles. The SMILES string of the molecule is CNC(=O)CN1CCC(NS(=O)(=O)c2ccccc2S(C)(=O)=O)CC1. The third-order valence-electron chi connectivity index (χ3n) is 4.09. The maximum atomic E-state index is 12.6. The van der Waals surface area contributed by atoms with Crippen molar-refractivity contribution in [2.24, 2.45) is 0 Å². The molecule has 0 bridgehead atoms. The molecule has 0 unspecified atom stereocenters. The monoisotopic (exact) mass is 389 g/mol. The van der Waals surface area contributed by atoms with Gasteiger partial charge in [0.1, 0.15) is 4.90 Å². The van der Waals surface area contributed by atoms with Gasteiger partial charge in [-0.3, -0.25) is 9.69 Å². The van der Waals surface area contributed by atoms with E-state index in [1.165, 1.54) is 24.3 Å². The summed E-state index contributed by atoms with van der Waals surface area (Å²) in [6.45, 7) is 1.47. The molecule has 1 saturated heterocycles. The van der Waals surface area contributed by atoms with Crippen LogP contribution in [-0.2, 0) is 24.7 Å². The number of likely N-dealkylation sites (N-methyl/N-ethyl adjacent to an activating group) is 1. The predicted octanol–water partition coefficient (Wildman–Crippen LogP) is -0.421. The maximum absolute atomic E-state index is 12.6. The van der Waals surface area contributed by atoms with Gasteiger partial charge in [0.2, 0.25) is 15.9 Å². The Bertz CT molecular complexity index is 828. The Morgan fingerprint density at radius 1 is 1.12 bits per heavy atom. The number of hydrogen-bond acceptors (Lipinski definition) is 6. The number of sulfone groups is 1. The molecule has 2 rings (SSSR count). The van der Waals surface area contributed by atoms with Crippen molar-refractivity contribution in [2.45, 2.75) is 28.7 Å². The molecule has 0 atom stereocenters. The van der Waals surface area contributed by atoms with Gasteiger partial charge in [-0.15, -0.1) is 0 Å². The molecule has 0 spiro atoms. The lowest BCUT2D eigenvalue weighted by molar-refractivity contribution is -0.122. The van der Waals surface area contributed by atoms with Crippen LogP contribution in [0.3, 0.4) is 0 Å². The fraction of sp³-hybridized carbons (Fsp3) is 0.533. The van der Waals surface area contributed by atoms with Gasteiger partial charge in [0.05, 0.1) is 11.4 Å². The predicted molar refractivity (Wildman–Crippen MR) is 93.4 cm³/mol. The minimum absolute atomic E-state index is 0.0823. The summed E-state index contributed by atoms with van der Waals surface area (Å²) in [4.78, 5) is 12.9. The van der Waals surface area contributed by atoms with E-state index < -0.39 is 19.9 Å². The number of piperidine rings is 1. The van der Waals surface area contributed by atoms with Crippen molar-refractivity contribution in [3.63, 3.8) is 0 Å². The number of rotatable bonds is 6. The first-order valence-corrected chi connectivity index (χ1v) is 11.3. The van der Waals surface area contributed by atoms with E-state index in [0.717, 1.165) is 6.26 Å². The van der Waals surface area contributed by atoms with Crippen molar-refractivity contribution >= 4 is 25.8 Å². The van der Waals surface area contributed by atoms with Crippen molar-refractivity contribution < 1.29 is 21.6 Å². The minimum atomic E-state index is -3.95. The van der Waals surface area contributed by atoms with Crippen LogP contribution in [0.4, 0.5) is 0 Å². The zero-order valence-electron chi connectivity index (χ0n) is 14.2. The third kappa shape index (κ3) is 5.24. The number of hydrogen-bond donors (Lipinski definition) is 2. The van der Waals surface area contributed by atoms with Crippen LogP contribution in [0.1, 0.15) is 12.8 Å². The molecule has 1 aromatic rings. The number of likely N-dealkylation sites (tertiary alicyclic amines) is 1. The summed E-state index contributed by atoms with van der Waals surface area (Å²) in [7, 11) is -6.03. The van der Waals surface area contributed by atoms with Crippen LogP contribution < -0.4 is 10.0 Å². The molecule has 25 heavy (non-hydrogen) atoms. The average molecular weight is 389 g/mol. The van der Waals surface area contributed by atoms with Crippen LogP contribution in [0.15, 0.2) is 34.1 Å². The fourth-order valence-corrected chi connectivity index (χ4v) is 5.69. The Morgan fingerprint density at radius 3 is 2.20 bits per heavy atom. The largest absolute Gasteiger partial charge is 0.358 e. The Hall–Kier alpha value is -1.49. The summed E-state index contributed by atoms with van der Waals surface area (Å²) in [5, 5.41) is 2.55. The second kappa shape index (κ2) is 7.81. The number of benzene rings is 1. The Labute approximate surface area is 148 Å². The Kier molecular flexibility index (Phi) is 6.20. The van der Waals surface area contributed by atoms with E-state index in [4.69, 9.17) is 0 Å². The molecule has 1 amide bonds. The second-order valence-corrected chi connectivity index (χ2v) is 9.73. The van der Waals surface area contributed by atoms with Gasteiger partial charge < -0.3 is 5.32 Å². The summed E-state index contributed by atoms with van der Waals surface area (Å²) in [5.74, 6) is -0.0823. The number of carbonyl (C=O) groups is 1. The summed E-state index contributed by atoms with van der Waals surface area (Å²) >= 11 is 0. The maximum Gasteiger partial charge on any atom is 0.242 e. The van der Waals surface area contributed by atoms with Crippen LogP contribution in [0, 0.1) is 0 Å². The molecule has 1 aromatic carbocycles. The molecule has 0 aromatic heterocycles. The van der Waals surface area contributed by atoms with Gasteiger partial charge in [-0.25, -0.2) is 21.6 Å². The topological polar surface area (TPSA) is 113 Å². The van der Waals surface area contributed by atoms with E-state index in [-0.39, 0.29) is 28.3 Å². The van der Waals surface area contributed by atoms with Crippen LogP contribution in [-0.4, -0.2) is 66.6 Å². The highest BCUT2D eigenvalue weighted by atomic mass is 32.2. The van der Waals surface area contributed by atoms with Crippen molar-refractivity contribution in [2.75, 3.05) is 32.9 Å². The third-order valence-corrected chi connectivity index (χ3v) is 6.96. The molecule has 1 heterocycles. The van der Waals surface area contributed by atoms with Gasteiger partial charge in [-0.2, -0.15) is 0 Å². The first-order valence-electron chi connectivity index (χ1n) is 7.88. The van der Waals surface area contributed by atoms with Gasteiger partial charge in [-0.1, -0.05) is 12.1 Å². The molecular weight excluding hydrogens is 366 g/mol. The van der Waals surface area contributed by atoms with E-state index in [2.05, 4.69) is 10.0 Å². The number of nitrogens with one attached hydrogen (secondary N) is 2. The fourth-order valence-electron chi connectivity index (χ4n) is 2.75. The number of nitrogens with zero attached hydrogens (tertiary/aromatic N) is 1. The summed E-state index contributed by atoms with van der Waals surface area (Å²) in [5.41, 5.74) is 0. The van der Waals surface area contributed by atoms with E-state index in [1.54, 1.807) is 7.05 Å². The highest BCUT2D eigenvalue weighted by Crippen LogP contribution is 2.22. The van der Waals surface area contributed by atoms with Crippen molar-refractivity contribution in [3.05, 3.63) is 24.3 Å². The standard InChI is InChI=1S/C15H23N3O5S2/c1-16-15(19)11-18-9-7-12(8-10-18)17-25(22,23)14-6-4-3-5-13(14)24(2,20)21/h3-6,12,17H,7-11H2,1-2H3,(H,16,19). The highest BCUT2D eigenvalue weighted by Gasteiger charge is 2.28. The van der Waals surface area contributed by atoms with Crippen LogP contribution in [0.5, 0.6) is 0 Å². The highest BCUT2D eigenvalue weighted by molar-refractivity contribution is 7.93. The van der Waals surface area contributed by atoms with Gasteiger partial charge >= 0.3 is 0 Å². The first kappa shape index (κ1) is 19.8. The second-order valence-electron chi connectivity index (χ2n) is 6.06. The molecule has 8 nitrogen and oxygen atoms in total. The molecule has 1 aliphatic heterocycles. The number of sulfonamides is 1. The van der Waals surface area contributed by atoms with Crippen molar-refractivity contribution in [1.82, 2.24) is 14.9 Å². The Morgan fingerprint density at radius 2 is 1.68 bits per heavy atom. The van der Waals surface area contributed by atoms with Crippen LogP contribution in [0.2, 0.25) is 0 Å². The van der Waals surface area contributed by atoms with E-state index >= 15 is 0 Å². The zero-order chi connectivity index (χ0) is 18.7. The summed E-state index contributed by atoms with van der Waals surface area (Å²) in [6, 6.07) is 5.27. The molecule has 0 radical (unpaired) electrons. The van der Waals surface area contributed by atoms with Crippen molar-refractivity contribution in [3.8, 4) is 0 Å². The van der Waals surface area contributed by atoms with E-state index in [9.17, 15) is 21.6 Å². The number of carbonyl (C=O) groups excluding carboxylic acids is 1. The number of amides is 1. The van der Waals surface area contributed by atoms with Gasteiger partial charge in [-0.05, 0) is 25.0 Å². The summed E-state index contributed by atoms with van der Waals surface area (Å²) < 4.78 is 51.5. The van der Waals surface area contributed by atoms with Gasteiger partial charge in [0, 0.05) is 32.4 Å². The lowest BCUT2D eigenvalue weighted by Crippen LogP contribution is -2.47. The molecule has 140 valence electrons. The first-order chi connectivity index (χ1) is 11.6. The molecule has 2 N–H and O–H groups in total. The van der Waals surface area contributed by atoms with Gasteiger partial charge in [0.15, 0.2) is 9.84 Å². The van der Waals surface area contributed by atoms with Crippen molar-refractivity contribution in [1.29, 1.82) is 0 Å². The molecule has 10 heteroatoms.